The lowest BCUT2D eigenvalue weighted by Gasteiger charge is -2.19. The van der Waals surface area contributed by atoms with Crippen LogP contribution in [0, 0.1) is 0 Å². The number of hydrogen-bond acceptors (Lipinski definition) is 7. The van der Waals surface area contributed by atoms with Gasteiger partial charge in [-0.25, -0.2) is 4.57 Å². The molecule has 0 aromatic rings. The maximum Gasteiger partial charge on any atom is 0.472 e. The van der Waals surface area contributed by atoms with Gasteiger partial charge in [-0.05, 0) is 6.42 Å². The van der Waals surface area contributed by atoms with Crippen LogP contribution in [0.4, 0.5) is 0 Å². The molecule has 0 saturated carbocycles. The van der Waals surface area contributed by atoms with Gasteiger partial charge in [0, 0.05) is 20.1 Å². The number of nitrogens with two attached hydrogens (primary N) is 1. The number of ether oxygens (including phenoxy) is 2. The third kappa shape index (κ3) is 28.5. The van der Waals surface area contributed by atoms with Crippen LogP contribution in [0.2, 0.25) is 0 Å². The van der Waals surface area contributed by atoms with Crippen molar-refractivity contribution in [2.24, 2.45) is 5.73 Å². The van der Waals surface area contributed by atoms with E-state index < -0.39 is 19.9 Å². The van der Waals surface area contributed by atoms with Crippen LogP contribution in [-0.4, -0.2) is 49.9 Å². The molecule has 0 saturated heterocycles. The summed E-state index contributed by atoms with van der Waals surface area (Å²) in [6.45, 7) is 3.94. The van der Waals surface area contributed by atoms with Gasteiger partial charge in [0.1, 0.15) is 6.10 Å². The van der Waals surface area contributed by atoms with Crippen molar-refractivity contribution < 1.29 is 32.8 Å². The number of carbonyl (C=O) groups is 1. The van der Waals surface area contributed by atoms with Crippen molar-refractivity contribution in [1.29, 1.82) is 0 Å². The number of unbranched alkanes of at least 4 members (excludes halogenated alkanes) is 19. The Labute approximate surface area is 233 Å². The topological polar surface area (TPSA) is 117 Å². The summed E-state index contributed by atoms with van der Waals surface area (Å²) in [6, 6.07) is 0. The van der Waals surface area contributed by atoms with Crippen LogP contribution >= 0.6 is 7.82 Å². The normalized spacial score (nSPS) is 13.9. The monoisotopic (exact) mass is 565 g/mol. The summed E-state index contributed by atoms with van der Waals surface area (Å²) < 4.78 is 31.9. The Bertz CT molecular complexity index is 565. The molecule has 0 radical (unpaired) electrons. The predicted molar refractivity (Wildman–Crippen MR) is 155 cm³/mol. The molecule has 0 heterocycles. The van der Waals surface area contributed by atoms with E-state index >= 15 is 0 Å². The molecule has 0 aromatic carbocycles. The van der Waals surface area contributed by atoms with Crippen LogP contribution in [0.5, 0.6) is 0 Å². The Morgan fingerprint density at radius 1 is 0.684 bits per heavy atom. The molecule has 0 rings (SSSR count). The highest BCUT2D eigenvalue weighted by Gasteiger charge is 2.24. The van der Waals surface area contributed by atoms with E-state index in [9.17, 15) is 14.3 Å². The number of hydrogen-bond donors (Lipinski definition) is 2. The highest BCUT2D eigenvalue weighted by Crippen LogP contribution is 2.43. The zero-order valence-corrected chi connectivity index (χ0v) is 25.6. The molecule has 0 amide bonds. The molecule has 0 fully saturated rings. The molecular formula is C29H60NO7P. The maximum absolute atomic E-state index is 11.7. The Morgan fingerprint density at radius 2 is 1.11 bits per heavy atom. The van der Waals surface area contributed by atoms with Gasteiger partial charge >= 0.3 is 13.8 Å². The van der Waals surface area contributed by atoms with Crippen LogP contribution in [0.3, 0.4) is 0 Å². The average molecular weight is 566 g/mol. The molecule has 9 heteroatoms. The van der Waals surface area contributed by atoms with E-state index in [-0.39, 0.29) is 26.4 Å². The van der Waals surface area contributed by atoms with Gasteiger partial charge in [0.25, 0.3) is 0 Å². The van der Waals surface area contributed by atoms with Crippen molar-refractivity contribution >= 4 is 13.8 Å². The smallest absolute Gasteiger partial charge is 0.458 e. The molecule has 2 atom stereocenters. The number of rotatable bonds is 30. The molecule has 0 bridgehead atoms. The number of carbonyl (C=O) groups excluding carboxylic acids is 1. The average Bonchev–Trinajstić information content (AvgIpc) is 2.88. The van der Waals surface area contributed by atoms with Crippen LogP contribution in [-0.2, 0) is 27.9 Å². The van der Waals surface area contributed by atoms with Crippen molar-refractivity contribution in [2.45, 2.75) is 148 Å². The van der Waals surface area contributed by atoms with Gasteiger partial charge in [-0.1, -0.05) is 129 Å². The van der Waals surface area contributed by atoms with Gasteiger partial charge in [0.15, 0.2) is 0 Å². The first kappa shape index (κ1) is 37.5. The van der Waals surface area contributed by atoms with Crippen LogP contribution in [0.1, 0.15) is 142 Å². The minimum absolute atomic E-state index is 0.0953. The zero-order chi connectivity index (χ0) is 28.2. The molecule has 1 unspecified atom stereocenters. The van der Waals surface area contributed by atoms with Crippen LogP contribution in [0.25, 0.3) is 0 Å². The van der Waals surface area contributed by atoms with E-state index in [0.717, 1.165) is 12.8 Å². The first-order valence-electron chi connectivity index (χ1n) is 15.5. The summed E-state index contributed by atoms with van der Waals surface area (Å²) in [5.41, 5.74) is 5.25. The molecule has 0 aliphatic heterocycles. The molecule has 8 nitrogen and oxygen atoms in total. The molecule has 38 heavy (non-hydrogen) atoms. The molecular weight excluding hydrogens is 505 g/mol. The summed E-state index contributed by atoms with van der Waals surface area (Å²) in [5, 5.41) is 0. The zero-order valence-electron chi connectivity index (χ0n) is 24.7. The lowest BCUT2D eigenvalue weighted by molar-refractivity contribution is -0.151. The van der Waals surface area contributed by atoms with Crippen LogP contribution < -0.4 is 5.73 Å². The number of phosphoric ester groups is 1. The second-order valence-corrected chi connectivity index (χ2v) is 11.9. The Balaban J connectivity index is 3.47. The highest BCUT2D eigenvalue weighted by molar-refractivity contribution is 7.47. The second kappa shape index (κ2) is 28.0. The van der Waals surface area contributed by atoms with Gasteiger partial charge in [-0.3, -0.25) is 13.8 Å². The number of phosphoric acid groups is 1. The lowest BCUT2D eigenvalue weighted by atomic mass is 10.0. The van der Waals surface area contributed by atoms with Crippen molar-refractivity contribution in [2.75, 3.05) is 33.0 Å². The summed E-state index contributed by atoms with van der Waals surface area (Å²) in [4.78, 5) is 20.8. The van der Waals surface area contributed by atoms with Gasteiger partial charge in [-0.15, -0.1) is 0 Å². The lowest BCUT2D eigenvalue weighted by Crippen LogP contribution is -2.27. The molecule has 0 aliphatic carbocycles. The van der Waals surface area contributed by atoms with Crippen LogP contribution in [0.15, 0.2) is 0 Å². The van der Waals surface area contributed by atoms with Crippen molar-refractivity contribution in [1.82, 2.24) is 0 Å². The summed E-state index contributed by atoms with van der Waals surface area (Å²) >= 11 is 0. The Morgan fingerprint density at radius 3 is 1.50 bits per heavy atom. The quantitative estimate of drug-likeness (QED) is 0.0514. The largest absolute Gasteiger partial charge is 0.472 e. The van der Waals surface area contributed by atoms with Crippen molar-refractivity contribution in [3.8, 4) is 0 Å². The Hall–Kier alpha value is -0.500. The molecule has 0 aliphatic rings. The van der Waals surface area contributed by atoms with E-state index in [1.165, 1.54) is 122 Å². The molecule has 0 aromatic heterocycles. The summed E-state index contributed by atoms with van der Waals surface area (Å²) in [6.07, 6.45) is 26.1. The van der Waals surface area contributed by atoms with E-state index in [4.69, 9.17) is 19.7 Å². The standard InChI is InChI=1S/C29H60NO7P/c1-3-4-5-6-7-8-9-10-11-12-13-14-15-16-17-18-19-20-21-22-24-34-26-29(37-28(2)31)27-36-38(32,33)35-25-23-30/h29H,3-27,30H2,1-2H3,(H,32,33)/t29-/m1/s1. The van der Waals surface area contributed by atoms with E-state index in [2.05, 4.69) is 11.4 Å². The minimum atomic E-state index is -4.22. The van der Waals surface area contributed by atoms with E-state index in [0.29, 0.717) is 6.61 Å². The van der Waals surface area contributed by atoms with Gasteiger partial charge in [-0.2, -0.15) is 0 Å². The second-order valence-electron chi connectivity index (χ2n) is 10.4. The fourth-order valence-corrected chi connectivity index (χ4v) is 5.17. The van der Waals surface area contributed by atoms with E-state index in [1.807, 2.05) is 0 Å². The summed E-state index contributed by atoms with van der Waals surface area (Å²) in [7, 11) is -4.22. The van der Waals surface area contributed by atoms with Crippen molar-refractivity contribution in [3.05, 3.63) is 0 Å². The Kier molecular flexibility index (Phi) is 27.7. The third-order valence-electron chi connectivity index (χ3n) is 6.57. The van der Waals surface area contributed by atoms with Gasteiger partial charge < -0.3 is 20.1 Å². The summed E-state index contributed by atoms with van der Waals surface area (Å²) in [5.74, 6) is -0.503. The fraction of sp³-hybridized carbons (Fsp3) is 0.966. The first-order chi connectivity index (χ1) is 18.4. The third-order valence-corrected chi connectivity index (χ3v) is 7.56. The fourth-order valence-electron chi connectivity index (χ4n) is 4.41. The minimum Gasteiger partial charge on any atom is -0.458 e. The van der Waals surface area contributed by atoms with Crippen molar-refractivity contribution in [3.63, 3.8) is 0 Å². The molecule has 3 N–H and O–H groups in total. The predicted octanol–water partition coefficient (Wildman–Crippen LogP) is 7.85. The molecule has 228 valence electrons. The highest BCUT2D eigenvalue weighted by atomic mass is 31.2. The first-order valence-corrected chi connectivity index (χ1v) is 17.0. The van der Waals surface area contributed by atoms with Gasteiger partial charge in [0.05, 0.1) is 19.8 Å². The molecule has 0 spiro atoms. The number of esters is 1. The van der Waals surface area contributed by atoms with Gasteiger partial charge in [0.2, 0.25) is 0 Å². The SMILES string of the molecule is CCCCCCCCCCCCCCCCCCCCCCOC[C@H](COP(=O)(O)OCCN)OC(C)=O. The maximum atomic E-state index is 11.7. The van der Waals surface area contributed by atoms with E-state index in [1.54, 1.807) is 0 Å².